The van der Waals surface area contributed by atoms with Crippen LogP contribution >= 0.6 is 0 Å². The van der Waals surface area contributed by atoms with Crippen LogP contribution in [0, 0.1) is 11.7 Å². The Bertz CT molecular complexity index is 660. The average Bonchev–Trinajstić information content (AvgIpc) is 2.53. The van der Waals surface area contributed by atoms with E-state index in [-0.39, 0.29) is 23.4 Å². The number of hydrogen-bond donors (Lipinski definition) is 0. The van der Waals surface area contributed by atoms with E-state index in [1.165, 1.54) is 12.1 Å². The summed E-state index contributed by atoms with van der Waals surface area (Å²) in [5.74, 6) is -0.183. The maximum atomic E-state index is 13.9. The highest BCUT2D eigenvalue weighted by atomic mass is 19.1. The number of ether oxygens (including phenoxy) is 2. The average molecular weight is 350 g/mol. The summed E-state index contributed by atoms with van der Waals surface area (Å²) in [6.45, 7) is 7.09. The number of amides is 1. The predicted octanol–water partition coefficient (Wildman–Crippen LogP) is 4.79. The maximum absolute atomic E-state index is 13.9. The van der Waals surface area contributed by atoms with Crippen LogP contribution in [0.3, 0.4) is 0 Å². The highest BCUT2D eigenvalue weighted by Crippen LogP contribution is 2.25. The first-order chi connectivity index (χ1) is 11.8. The van der Waals surface area contributed by atoms with Gasteiger partial charge in [-0.05, 0) is 63.3 Å². The van der Waals surface area contributed by atoms with Crippen molar-refractivity contribution in [2.75, 3.05) is 19.7 Å². The number of benzene rings is 1. The molecule has 0 bridgehead atoms. The Hall–Kier alpha value is -2.47. The molecule has 7 nitrogen and oxygen atoms in total. The van der Waals surface area contributed by atoms with Gasteiger partial charge in [-0.2, -0.15) is 0 Å². The van der Waals surface area contributed by atoms with Gasteiger partial charge in [-0.1, -0.05) is 5.11 Å². The normalized spacial score (nSPS) is 15.4. The van der Waals surface area contributed by atoms with Crippen LogP contribution in [0.5, 0.6) is 5.75 Å². The van der Waals surface area contributed by atoms with Crippen LogP contribution < -0.4 is 4.74 Å². The summed E-state index contributed by atoms with van der Waals surface area (Å²) in [4.78, 5) is 16.3. The minimum Gasteiger partial charge on any atom is -0.490 e. The van der Waals surface area contributed by atoms with Gasteiger partial charge >= 0.3 is 6.09 Å². The molecule has 1 aliphatic heterocycles. The molecular weight excluding hydrogens is 327 g/mol. The second-order valence-electron chi connectivity index (χ2n) is 7.03. The van der Waals surface area contributed by atoms with Gasteiger partial charge in [0, 0.05) is 23.7 Å². The smallest absolute Gasteiger partial charge is 0.410 e. The van der Waals surface area contributed by atoms with Gasteiger partial charge in [0.1, 0.15) is 5.60 Å². The molecule has 2 rings (SSSR count). The van der Waals surface area contributed by atoms with Crippen LogP contribution in [-0.2, 0) is 4.74 Å². The highest BCUT2D eigenvalue weighted by Gasteiger charge is 2.27. The van der Waals surface area contributed by atoms with E-state index in [0.717, 1.165) is 18.9 Å². The zero-order chi connectivity index (χ0) is 18.4. The molecule has 0 atom stereocenters. The Labute approximate surface area is 146 Å². The van der Waals surface area contributed by atoms with Crippen molar-refractivity contribution in [1.29, 1.82) is 0 Å². The van der Waals surface area contributed by atoms with E-state index >= 15 is 0 Å². The van der Waals surface area contributed by atoms with Gasteiger partial charge in [0.05, 0.1) is 6.61 Å². The van der Waals surface area contributed by atoms with Crippen molar-refractivity contribution in [3.63, 3.8) is 0 Å². The number of carbonyl (C=O) groups is 1. The first-order valence-electron chi connectivity index (χ1n) is 8.24. The Morgan fingerprint density at radius 3 is 2.64 bits per heavy atom. The molecular formula is C17H23FN4O3. The molecule has 0 aromatic heterocycles. The number of carbonyl (C=O) groups excluding carboxylic acids is 1. The molecule has 1 heterocycles. The highest BCUT2D eigenvalue weighted by molar-refractivity contribution is 5.68. The van der Waals surface area contributed by atoms with E-state index in [1.807, 2.05) is 20.8 Å². The van der Waals surface area contributed by atoms with Crippen molar-refractivity contribution in [2.45, 2.75) is 39.2 Å². The van der Waals surface area contributed by atoms with Crippen LogP contribution in [0.4, 0.5) is 14.9 Å². The third kappa shape index (κ3) is 5.83. The van der Waals surface area contributed by atoms with Crippen molar-refractivity contribution >= 4 is 11.8 Å². The predicted molar refractivity (Wildman–Crippen MR) is 91.2 cm³/mol. The van der Waals surface area contributed by atoms with Crippen LogP contribution in [0.2, 0.25) is 0 Å². The fourth-order valence-corrected chi connectivity index (χ4v) is 2.54. The van der Waals surface area contributed by atoms with Crippen LogP contribution in [0.1, 0.15) is 33.6 Å². The van der Waals surface area contributed by atoms with Crippen molar-refractivity contribution < 1.29 is 18.7 Å². The molecule has 25 heavy (non-hydrogen) atoms. The van der Waals surface area contributed by atoms with Gasteiger partial charge in [-0.25, -0.2) is 9.18 Å². The topological polar surface area (TPSA) is 87.5 Å². The molecule has 0 N–H and O–H groups in total. The first kappa shape index (κ1) is 18.9. The molecule has 0 unspecified atom stereocenters. The van der Waals surface area contributed by atoms with Gasteiger partial charge in [0.2, 0.25) is 0 Å². The third-order valence-electron chi connectivity index (χ3n) is 3.82. The molecule has 0 spiro atoms. The molecule has 0 saturated carbocycles. The minimum atomic E-state index is -0.559. The van der Waals surface area contributed by atoms with Gasteiger partial charge in [-0.15, -0.1) is 0 Å². The number of halogens is 1. The van der Waals surface area contributed by atoms with E-state index < -0.39 is 11.4 Å². The van der Waals surface area contributed by atoms with Crippen molar-refractivity contribution in [1.82, 2.24) is 4.90 Å². The number of piperidine rings is 1. The molecule has 0 radical (unpaired) electrons. The van der Waals surface area contributed by atoms with E-state index in [1.54, 1.807) is 4.90 Å². The summed E-state index contributed by atoms with van der Waals surface area (Å²) in [6, 6.07) is 4.10. The quantitative estimate of drug-likeness (QED) is 0.444. The van der Waals surface area contributed by atoms with Gasteiger partial charge in [-0.3, -0.25) is 0 Å². The van der Waals surface area contributed by atoms with Crippen LogP contribution in [0.25, 0.3) is 10.4 Å². The molecule has 1 fully saturated rings. The Kier molecular flexibility index (Phi) is 6.09. The lowest BCUT2D eigenvalue weighted by Gasteiger charge is -2.33. The number of rotatable bonds is 4. The van der Waals surface area contributed by atoms with E-state index in [4.69, 9.17) is 15.0 Å². The number of azide groups is 1. The summed E-state index contributed by atoms with van der Waals surface area (Å²) >= 11 is 0. The maximum Gasteiger partial charge on any atom is 0.410 e. The molecule has 1 aliphatic rings. The monoisotopic (exact) mass is 350 g/mol. The molecule has 1 saturated heterocycles. The lowest BCUT2D eigenvalue weighted by atomic mass is 9.98. The van der Waals surface area contributed by atoms with E-state index in [9.17, 15) is 9.18 Å². The third-order valence-corrected chi connectivity index (χ3v) is 3.82. The molecule has 1 aromatic carbocycles. The first-order valence-corrected chi connectivity index (χ1v) is 8.24. The fourth-order valence-electron chi connectivity index (χ4n) is 2.54. The standard InChI is InChI=1S/C17H23FN4O3/c1-17(2,3)25-16(23)22-8-6-12(7-9-22)11-24-15-5-4-13(20-21-19)10-14(15)18/h4-5,10,12H,6-9,11H2,1-3H3. The zero-order valence-corrected chi connectivity index (χ0v) is 14.7. The van der Waals surface area contributed by atoms with Crippen LogP contribution in [0.15, 0.2) is 23.3 Å². The van der Waals surface area contributed by atoms with Crippen molar-refractivity contribution in [2.24, 2.45) is 11.0 Å². The number of likely N-dealkylation sites (tertiary alicyclic amines) is 1. The Balaban J connectivity index is 1.81. The molecule has 136 valence electrons. The Morgan fingerprint density at radius 1 is 1.40 bits per heavy atom. The lowest BCUT2D eigenvalue weighted by molar-refractivity contribution is 0.0164. The van der Waals surface area contributed by atoms with Crippen molar-refractivity contribution in [3.05, 3.63) is 34.5 Å². The molecule has 8 heteroatoms. The molecule has 1 aromatic rings. The summed E-state index contributed by atoms with van der Waals surface area (Å²) in [6.07, 6.45) is 1.25. The number of nitrogens with zero attached hydrogens (tertiary/aromatic N) is 4. The van der Waals surface area contributed by atoms with E-state index in [2.05, 4.69) is 10.0 Å². The van der Waals surface area contributed by atoms with Crippen LogP contribution in [-0.4, -0.2) is 36.3 Å². The summed E-state index contributed by atoms with van der Waals surface area (Å²) in [5, 5.41) is 3.34. The second kappa shape index (κ2) is 8.07. The molecule has 0 aliphatic carbocycles. The zero-order valence-electron chi connectivity index (χ0n) is 14.7. The van der Waals surface area contributed by atoms with Crippen molar-refractivity contribution in [3.8, 4) is 5.75 Å². The number of hydrogen-bond acceptors (Lipinski definition) is 4. The summed E-state index contributed by atoms with van der Waals surface area (Å²) < 4.78 is 24.8. The largest absolute Gasteiger partial charge is 0.490 e. The lowest BCUT2D eigenvalue weighted by Crippen LogP contribution is -2.42. The van der Waals surface area contributed by atoms with Gasteiger partial charge < -0.3 is 14.4 Å². The summed E-state index contributed by atoms with van der Waals surface area (Å²) in [7, 11) is 0. The van der Waals surface area contributed by atoms with Gasteiger partial charge in [0.15, 0.2) is 11.6 Å². The SMILES string of the molecule is CC(C)(C)OC(=O)N1CCC(COc2ccc(N=[N+]=[N-])cc2F)CC1. The minimum absolute atomic E-state index is 0.131. The fraction of sp³-hybridized carbons (Fsp3) is 0.588. The summed E-state index contributed by atoms with van der Waals surface area (Å²) in [5.41, 5.74) is 8.05. The second-order valence-corrected chi connectivity index (χ2v) is 7.03. The van der Waals surface area contributed by atoms with E-state index in [0.29, 0.717) is 19.7 Å². The van der Waals surface area contributed by atoms with Gasteiger partial charge in [0.25, 0.3) is 0 Å². The Morgan fingerprint density at radius 2 is 2.08 bits per heavy atom. The molecule has 1 amide bonds.